The van der Waals surface area contributed by atoms with E-state index < -0.39 is 5.41 Å². The van der Waals surface area contributed by atoms with E-state index in [9.17, 15) is 4.79 Å². The van der Waals surface area contributed by atoms with E-state index in [1.54, 1.807) is 0 Å². The first-order valence-electron chi connectivity index (χ1n) is 7.04. The number of methoxy groups -OCH3 is 1. The molecule has 0 spiro atoms. The van der Waals surface area contributed by atoms with Gasteiger partial charge in [0.15, 0.2) is 0 Å². The fourth-order valence-electron chi connectivity index (χ4n) is 2.31. The molecule has 2 N–H and O–H groups in total. The van der Waals surface area contributed by atoms with Crippen molar-refractivity contribution in [3.05, 3.63) is 29.8 Å². The standard InChI is InChI=1S/C16H26N2O2/c1-5-10-18(12-16(2,3)15(19)20-4)11-13-6-8-14(17)9-7-13/h6-9H,5,10-12,17H2,1-4H3. The van der Waals surface area contributed by atoms with Gasteiger partial charge < -0.3 is 10.5 Å². The van der Waals surface area contributed by atoms with Crippen LogP contribution in [0.4, 0.5) is 5.69 Å². The molecule has 0 aliphatic heterocycles. The van der Waals surface area contributed by atoms with Crippen molar-refractivity contribution in [2.75, 3.05) is 25.9 Å². The average Bonchev–Trinajstić information content (AvgIpc) is 2.40. The fraction of sp³-hybridized carbons (Fsp3) is 0.562. The van der Waals surface area contributed by atoms with Gasteiger partial charge in [-0.05, 0) is 44.5 Å². The summed E-state index contributed by atoms with van der Waals surface area (Å²) < 4.78 is 4.88. The molecule has 0 aliphatic carbocycles. The fourth-order valence-corrected chi connectivity index (χ4v) is 2.31. The monoisotopic (exact) mass is 278 g/mol. The molecule has 0 radical (unpaired) electrons. The molecule has 0 bridgehead atoms. The Morgan fingerprint density at radius 1 is 1.30 bits per heavy atom. The number of nitrogens with zero attached hydrogens (tertiary/aromatic N) is 1. The zero-order valence-corrected chi connectivity index (χ0v) is 13.0. The Balaban J connectivity index is 2.73. The third-order valence-electron chi connectivity index (χ3n) is 3.28. The molecular formula is C16H26N2O2. The van der Waals surface area contributed by atoms with Gasteiger partial charge in [-0.3, -0.25) is 9.69 Å². The highest BCUT2D eigenvalue weighted by Crippen LogP contribution is 2.20. The van der Waals surface area contributed by atoms with Crippen molar-refractivity contribution in [3.8, 4) is 0 Å². The molecule has 0 amide bonds. The molecular weight excluding hydrogens is 252 g/mol. The van der Waals surface area contributed by atoms with Crippen molar-refractivity contribution in [2.45, 2.75) is 33.7 Å². The molecule has 0 fully saturated rings. The molecule has 0 saturated carbocycles. The van der Waals surface area contributed by atoms with Crippen LogP contribution in [-0.2, 0) is 16.1 Å². The summed E-state index contributed by atoms with van der Waals surface area (Å²) >= 11 is 0. The summed E-state index contributed by atoms with van der Waals surface area (Å²) in [6, 6.07) is 7.88. The van der Waals surface area contributed by atoms with Crippen LogP contribution in [0, 0.1) is 5.41 Å². The smallest absolute Gasteiger partial charge is 0.312 e. The van der Waals surface area contributed by atoms with Crippen molar-refractivity contribution < 1.29 is 9.53 Å². The maximum absolute atomic E-state index is 11.8. The number of nitrogens with two attached hydrogens (primary N) is 1. The minimum atomic E-state index is -0.502. The second kappa shape index (κ2) is 7.29. The number of hydrogen-bond acceptors (Lipinski definition) is 4. The molecule has 0 saturated heterocycles. The topological polar surface area (TPSA) is 55.6 Å². The van der Waals surface area contributed by atoms with Crippen LogP contribution in [0.25, 0.3) is 0 Å². The first-order valence-corrected chi connectivity index (χ1v) is 7.04. The zero-order chi connectivity index (χ0) is 15.2. The van der Waals surface area contributed by atoms with E-state index in [0.717, 1.165) is 25.2 Å². The van der Waals surface area contributed by atoms with E-state index in [1.807, 2.05) is 38.1 Å². The summed E-state index contributed by atoms with van der Waals surface area (Å²) in [5.74, 6) is -0.170. The molecule has 0 unspecified atom stereocenters. The molecule has 1 aromatic carbocycles. The lowest BCUT2D eigenvalue weighted by Gasteiger charge is -2.30. The lowest BCUT2D eigenvalue weighted by Crippen LogP contribution is -2.40. The van der Waals surface area contributed by atoms with Crippen molar-refractivity contribution in [1.82, 2.24) is 4.90 Å². The first kappa shape index (κ1) is 16.5. The second-order valence-corrected chi connectivity index (χ2v) is 5.83. The van der Waals surface area contributed by atoms with Crippen LogP contribution in [-0.4, -0.2) is 31.1 Å². The van der Waals surface area contributed by atoms with Crippen LogP contribution in [0.3, 0.4) is 0 Å². The SMILES string of the molecule is CCCN(Cc1ccc(N)cc1)CC(C)(C)C(=O)OC. The van der Waals surface area contributed by atoms with Gasteiger partial charge in [0.05, 0.1) is 12.5 Å². The van der Waals surface area contributed by atoms with Crippen molar-refractivity contribution >= 4 is 11.7 Å². The van der Waals surface area contributed by atoms with Crippen LogP contribution >= 0.6 is 0 Å². The second-order valence-electron chi connectivity index (χ2n) is 5.83. The summed E-state index contributed by atoms with van der Waals surface area (Å²) in [6.45, 7) is 8.42. The summed E-state index contributed by atoms with van der Waals surface area (Å²) in [6.07, 6.45) is 1.05. The number of ether oxygens (including phenoxy) is 1. The molecule has 1 rings (SSSR count). The van der Waals surface area contributed by atoms with Crippen LogP contribution < -0.4 is 5.73 Å². The van der Waals surface area contributed by atoms with Gasteiger partial charge in [0.1, 0.15) is 0 Å². The molecule has 112 valence electrons. The number of hydrogen-bond donors (Lipinski definition) is 1. The summed E-state index contributed by atoms with van der Waals surface area (Å²) in [5.41, 5.74) is 7.17. The van der Waals surface area contributed by atoms with Gasteiger partial charge in [0.25, 0.3) is 0 Å². The quantitative estimate of drug-likeness (QED) is 0.615. The van der Waals surface area contributed by atoms with Crippen LogP contribution in [0.2, 0.25) is 0 Å². The number of carbonyl (C=O) groups is 1. The van der Waals surface area contributed by atoms with Gasteiger partial charge in [0, 0.05) is 18.8 Å². The van der Waals surface area contributed by atoms with Gasteiger partial charge in [-0.1, -0.05) is 19.1 Å². The van der Waals surface area contributed by atoms with Crippen molar-refractivity contribution in [1.29, 1.82) is 0 Å². The number of nitrogen functional groups attached to an aromatic ring is 1. The number of benzene rings is 1. The Labute approximate surface area is 121 Å². The Bertz CT molecular complexity index is 427. The van der Waals surface area contributed by atoms with E-state index >= 15 is 0 Å². The van der Waals surface area contributed by atoms with Crippen molar-refractivity contribution in [3.63, 3.8) is 0 Å². The Morgan fingerprint density at radius 2 is 1.90 bits per heavy atom. The number of carbonyl (C=O) groups excluding carboxylic acids is 1. The number of rotatable bonds is 7. The third-order valence-corrected chi connectivity index (χ3v) is 3.28. The third kappa shape index (κ3) is 4.85. The van der Waals surface area contributed by atoms with Gasteiger partial charge in [0.2, 0.25) is 0 Å². The first-order chi connectivity index (χ1) is 9.39. The molecule has 0 heterocycles. The lowest BCUT2D eigenvalue weighted by atomic mass is 9.92. The van der Waals surface area contributed by atoms with E-state index in [-0.39, 0.29) is 5.97 Å². The van der Waals surface area contributed by atoms with E-state index in [4.69, 9.17) is 10.5 Å². The molecule has 20 heavy (non-hydrogen) atoms. The summed E-state index contributed by atoms with van der Waals surface area (Å²) in [5, 5.41) is 0. The largest absolute Gasteiger partial charge is 0.469 e. The minimum absolute atomic E-state index is 0.170. The molecule has 0 atom stereocenters. The average molecular weight is 278 g/mol. The van der Waals surface area contributed by atoms with Gasteiger partial charge >= 0.3 is 5.97 Å². The minimum Gasteiger partial charge on any atom is -0.469 e. The van der Waals surface area contributed by atoms with Gasteiger partial charge in [-0.15, -0.1) is 0 Å². The Morgan fingerprint density at radius 3 is 2.40 bits per heavy atom. The van der Waals surface area contributed by atoms with Crippen LogP contribution in [0.1, 0.15) is 32.8 Å². The maximum atomic E-state index is 11.8. The molecule has 1 aromatic rings. The highest BCUT2D eigenvalue weighted by molar-refractivity contribution is 5.76. The molecule has 4 heteroatoms. The highest BCUT2D eigenvalue weighted by Gasteiger charge is 2.30. The van der Waals surface area contributed by atoms with Crippen LogP contribution in [0.15, 0.2) is 24.3 Å². The van der Waals surface area contributed by atoms with E-state index in [2.05, 4.69) is 11.8 Å². The number of esters is 1. The Kier molecular flexibility index (Phi) is 6.02. The van der Waals surface area contributed by atoms with Crippen molar-refractivity contribution in [2.24, 2.45) is 5.41 Å². The summed E-state index contributed by atoms with van der Waals surface area (Å²) in [7, 11) is 1.44. The van der Waals surface area contributed by atoms with Gasteiger partial charge in [-0.25, -0.2) is 0 Å². The molecule has 4 nitrogen and oxygen atoms in total. The number of anilines is 1. The normalized spacial score (nSPS) is 11.7. The zero-order valence-electron chi connectivity index (χ0n) is 13.0. The molecule has 0 aliphatic rings. The molecule has 0 aromatic heterocycles. The predicted octanol–water partition coefficient (Wildman–Crippen LogP) is 2.68. The van der Waals surface area contributed by atoms with E-state index in [0.29, 0.717) is 6.54 Å². The maximum Gasteiger partial charge on any atom is 0.312 e. The summed E-state index contributed by atoms with van der Waals surface area (Å²) in [4.78, 5) is 14.1. The van der Waals surface area contributed by atoms with Crippen LogP contribution in [0.5, 0.6) is 0 Å². The Hall–Kier alpha value is -1.55. The lowest BCUT2D eigenvalue weighted by molar-refractivity contribution is -0.151. The predicted molar refractivity (Wildman–Crippen MR) is 82.2 cm³/mol. The van der Waals surface area contributed by atoms with Gasteiger partial charge in [-0.2, -0.15) is 0 Å². The highest BCUT2D eigenvalue weighted by atomic mass is 16.5. The van der Waals surface area contributed by atoms with E-state index in [1.165, 1.54) is 12.7 Å².